The van der Waals surface area contributed by atoms with E-state index in [9.17, 15) is 0 Å². The van der Waals surface area contributed by atoms with Crippen LogP contribution in [-0.4, -0.2) is 0 Å². The number of unbranched alkanes of at least 4 members (excludes halogenated alkanes) is 3. The molecule has 0 radical (unpaired) electrons. The number of hydrogen-bond acceptors (Lipinski definition) is 0. The van der Waals surface area contributed by atoms with E-state index >= 15 is 0 Å². The molecule has 0 aliphatic heterocycles. The molecule has 0 nitrogen and oxygen atoms in total. The predicted octanol–water partition coefficient (Wildman–Crippen LogP) is 8.35. The minimum absolute atomic E-state index is 0.889. The van der Waals surface area contributed by atoms with Gasteiger partial charge in [-0.3, -0.25) is 0 Å². The topological polar surface area (TPSA) is 0 Å². The quantitative estimate of drug-likeness (QED) is 0.317. The van der Waals surface area contributed by atoms with Gasteiger partial charge < -0.3 is 0 Å². The van der Waals surface area contributed by atoms with Gasteiger partial charge in [-0.2, -0.15) is 0 Å². The third kappa shape index (κ3) is 6.93. The van der Waals surface area contributed by atoms with Gasteiger partial charge in [0, 0.05) is 5.56 Å². The summed E-state index contributed by atoms with van der Waals surface area (Å²) < 4.78 is 0. The molecule has 0 saturated heterocycles. The van der Waals surface area contributed by atoms with Crippen molar-refractivity contribution in [1.82, 2.24) is 0 Å². The first-order valence-corrected chi connectivity index (χ1v) is 11.7. The molecular formula is C29H36. The van der Waals surface area contributed by atoms with Crippen LogP contribution < -0.4 is 0 Å². The highest BCUT2D eigenvalue weighted by molar-refractivity contribution is 5.64. The van der Waals surface area contributed by atoms with Crippen molar-refractivity contribution < 1.29 is 0 Å². The van der Waals surface area contributed by atoms with Gasteiger partial charge in [0.05, 0.1) is 0 Å². The van der Waals surface area contributed by atoms with Crippen molar-refractivity contribution in [3.63, 3.8) is 0 Å². The van der Waals surface area contributed by atoms with E-state index in [4.69, 9.17) is 0 Å². The molecule has 2 aromatic carbocycles. The summed E-state index contributed by atoms with van der Waals surface area (Å²) in [5, 5.41) is 0. The van der Waals surface area contributed by atoms with Gasteiger partial charge in [-0.25, -0.2) is 0 Å². The van der Waals surface area contributed by atoms with Crippen LogP contribution in [0.15, 0.2) is 60.2 Å². The monoisotopic (exact) mass is 384 g/mol. The van der Waals surface area contributed by atoms with Crippen molar-refractivity contribution in [2.45, 2.75) is 78.1 Å². The molecule has 29 heavy (non-hydrogen) atoms. The molecule has 0 aromatic heterocycles. The minimum atomic E-state index is 0.889. The maximum atomic E-state index is 3.42. The first-order chi connectivity index (χ1) is 14.3. The number of aryl methyl sites for hydroxylation is 1. The summed E-state index contributed by atoms with van der Waals surface area (Å²) in [6, 6.07) is 17.7. The lowest BCUT2D eigenvalue weighted by molar-refractivity contribution is 0.420. The first-order valence-electron chi connectivity index (χ1n) is 11.7. The Morgan fingerprint density at radius 1 is 0.793 bits per heavy atom. The van der Waals surface area contributed by atoms with Crippen LogP contribution in [0.1, 0.15) is 82.8 Å². The Morgan fingerprint density at radius 3 is 2.10 bits per heavy atom. The van der Waals surface area contributed by atoms with E-state index in [1.165, 1.54) is 80.1 Å². The molecule has 1 unspecified atom stereocenters. The van der Waals surface area contributed by atoms with Crippen molar-refractivity contribution in [3.05, 3.63) is 71.3 Å². The molecule has 0 bridgehead atoms. The summed E-state index contributed by atoms with van der Waals surface area (Å²) in [6.07, 6.45) is 15.3. The molecule has 1 aliphatic carbocycles. The lowest BCUT2D eigenvalue weighted by Gasteiger charge is -2.19. The van der Waals surface area contributed by atoms with Gasteiger partial charge in [0.1, 0.15) is 0 Å². The average molecular weight is 385 g/mol. The predicted molar refractivity (Wildman–Crippen MR) is 127 cm³/mol. The van der Waals surface area contributed by atoms with Gasteiger partial charge in [-0.15, -0.1) is 0 Å². The largest absolute Gasteiger partial charge is 0.0726 e. The van der Waals surface area contributed by atoms with Crippen LogP contribution in [-0.2, 0) is 6.42 Å². The molecule has 0 fully saturated rings. The lowest BCUT2D eigenvalue weighted by Crippen LogP contribution is -2.05. The summed E-state index contributed by atoms with van der Waals surface area (Å²) in [6.45, 7) is 4.53. The van der Waals surface area contributed by atoms with E-state index in [-0.39, 0.29) is 0 Å². The molecule has 3 rings (SSSR count). The van der Waals surface area contributed by atoms with Crippen LogP contribution in [0.3, 0.4) is 0 Å². The number of allylic oxidation sites excluding steroid dienone is 2. The maximum Gasteiger partial charge on any atom is 0.0249 e. The highest BCUT2D eigenvalue weighted by Crippen LogP contribution is 2.27. The van der Waals surface area contributed by atoms with Crippen LogP contribution in [0, 0.1) is 17.8 Å². The van der Waals surface area contributed by atoms with Crippen molar-refractivity contribution in [2.75, 3.05) is 0 Å². The SMILES string of the molecule is CCCCCC1CC=C(C#Cc2ccc(-c3ccc(CCCC)cc3)cc2)CC1. The highest BCUT2D eigenvalue weighted by atomic mass is 14.2. The van der Waals surface area contributed by atoms with Gasteiger partial charge in [0.15, 0.2) is 0 Å². The van der Waals surface area contributed by atoms with E-state index in [0.717, 1.165) is 17.9 Å². The fourth-order valence-corrected chi connectivity index (χ4v) is 4.09. The van der Waals surface area contributed by atoms with E-state index in [1.54, 1.807) is 0 Å². The summed E-state index contributed by atoms with van der Waals surface area (Å²) in [5.74, 6) is 7.69. The fourth-order valence-electron chi connectivity index (χ4n) is 4.09. The van der Waals surface area contributed by atoms with E-state index in [0.29, 0.717) is 0 Å². The highest BCUT2D eigenvalue weighted by Gasteiger charge is 2.12. The molecule has 2 aromatic rings. The van der Waals surface area contributed by atoms with Gasteiger partial charge in [0.25, 0.3) is 0 Å². The molecule has 152 valence electrons. The Balaban J connectivity index is 1.55. The molecule has 0 N–H and O–H groups in total. The van der Waals surface area contributed by atoms with Crippen molar-refractivity contribution >= 4 is 0 Å². The Bertz CT molecular complexity index is 824. The van der Waals surface area contributed by atoms with E-state index in [1.807, 2.05) is 0 Å². The zero-order valence-electron chi connectivity index (χ0n) is 18.3. The van der Waals surface area contributed by atoms with Gasteiger partial charge in [-0.1, -0.05) is 100 Å². The van der Waals surface area contributed by atoms with Crippen molar-refractivity contribution in [3.8, 4) is 23.0 Å². The Hall–Kier alpha value is -2.26. The second-order valence-corrected chi connectivity index (χ2v) is 8.49. The maximum absolute atomic E-state index is 3.42. The Labute approximate surface area is 178 Å². The normalized spacial score (nSPS) is 16.1. The molecule has 1 aliphatic rings. The minimum Gasteiger partial charge on any atom is -0.0726 e. The molecule has 1 atom stereocenters. The Kier molecular flexibility index (Phi) is 8.63. The third-order valence-corrected chi connectivity index (χ3v) is 6.09. The van der Waals surface area contributed by atoms with Crippen molar-refractivity contribution in [1.29, 1.82) is 0 Å². The van der Waals surface area contributed by atoms with E-state index in [2.05, 4.69) is 80.3 Å². The van der Waals surface area contributed by atoms with Crippen LogP contribution in [0.2, 0.25) is 0 Å². The summed E-state index contributed by atoms with van der Waals surface area (Å²) in [4.78, 5) is 0. The van der Waals surface area contributed by atoms with Crippen LogP contribution >= 0.6 is 0 Å². The molecule has 0 spiro atoms. The number of benzene rings is 2. The third-order valence-electron chi connectivity index (χ3n) is 6.09. The zero-order valence-corrected chi connectivity index (χ0v) is 18.3. The summed E-state index contributed by atoms with van der Waals surface area (Å²) in [5.41, 5.74) is 6.44. The second-order valence-electron chi connectivity index (χ2n) is 8.49. The Morgan fingerprint density at radius 2 is 1.48 bits per heavy atom. The van der Waals surface area contributed by atoms with E-state index < -0.39 is 0 Å². The summed E-state index contributed by atoms with van der Waals surface area (Å²) >= 11 is 0. The molecule has 0 heterocycles. The lowest BCUT2D eigenvalue weighted by atomic mass is 9.86. The van der Waals surface area contributed by atoms with Gasteiger partial charge in [0.2, 0.25) is 0 Å². The first kappa shape index (κ1) is 21.4. The fraction of sp³-hybridized carbons (Fsp3) is 0.448. The summed E-state index contributed by atoms with van der Waals surface area (Å²) in [7, 11) is 0. The molecule has 0 saturated carbocycles. The van der Waals surface area contributed by atoms with Crippen LogP contribution in [0.25, 0.3) is 11.1 Å². The number of hydrogen-bond donors (Lipinski definition) is 0. The smallest absolute Gasteiger partial charge is 0.0249 e. The zero-order chi connectivity index (χ0) is 20.3. The van der Waals surface area contributed by atoms with Gasteiger partial charge in [-0.05, 0) is 72.4 Å². The second kappa shape index (κ2) is 11.7. The van der Waals surface area contributed by atoms with Crippen molar-refractivity contribution in [2.24, 2.45) is 5.92 Å². The van der Waals surface area contributed by atoms with Gasteiger partial charge >= 0.3 is 0 Å². The van der Waals surface area contributed by atoms with Crippen LogP contribution in [0.5, 0.6) is 0 Å². The number of rotatable bonds is 8. The van der Waals surface area contributed by atoms with Crippen LogP contribution in [0.4, 0.5) is 0 Å². The molecule has 0 amide bonds. The standard InChI is InChI=1S/C29H36/c1-3-5-7-9-25-10-12-26(13-11-25)14-15-27-18-22-29(23-19-27)28-20-16-24(17-21-28)8-6-4-2/h12,16-23,25H,3-11,13H2,1-2H3. The molecule has 0 heteroatoms. The molecular weight excluding hydrogens is 348 g/mol. The average Bonchev–Trinajstić information content (AvgIpc) is 2.78.